The van der Waals surface area contributed by atoms with Crippen molar-refractivity contribution in [3.63, 3.8) is 0 Å². The highest BCUT2D eigenvalue weighted by Gasteiger charge is 2.62. The number of carbonyl (C=O) groups excluding carboxylic acids is 1. The second-order valence-corrected chi connectivity index (χ2v) is 10.8. The third kappa shape index (κ3) is 2.57. The van der Waals surface area contributed by atoms with Gasteiger partial charge in [0.1, 0.15) is 11.4 Å². The summed E-state index contributed by atoms with van der Waals surface area (Å²) in [4.78, 5) is 20.1. The van der Waals surface area contributed by atoms with Crippen molar-refractivity contribution in [3.8, 4) is 0 Å². The fourth-order valence-electron chi connectivity index (χ4n) is 4.96. The monoisotopic (exact) mass is 367 g/mol. The first-order valence-electron chi connectivity index (χ1n) is 9.69. The van der Waals surface area contributed by atoms with Crippen LogP contribution in [-0.2, 0) is 14.8 Å². The Balaban J connectivity index is 1.61. The number of carbonyl (C=O) groups is 1. The predicted octanol–water partition coefficient (Wildman–Crippen LogP) is 1.87. The van der Waals surface area contributed by atoms with Gasteiger partial charge in [-0.2, -0.15) is 0 Å². The lowest BCUT2D eigenvalue weighted by atomic mass is 9.85. The zero-order chi connectivity index (χ0) is 18.0. The number of aliphatic imine (C=N–C) groups is 1. The normalized spacial score (nSPS) is 35.9. The Hall–Kier alpha value is -0.950. The molecule has 2 aliphatic carbocycles. The van der Waals surface area contributed by atoms with Gasteiger partial charge in [0.15, 0.2) is 0 Å². The van der Waals surface area contributed by atoms with Crippen molar-refractivity contribution >= 4 is 21.8 Å². The Labute approximate surface area is 150 Å². The molecule has 1 spiro atoms. The average molecular weight is 368 g/mol. The molecule has 6 nitrogen and oxygen atoms in total. The molecule has 4 rings (SSSR count). The molecule has 3 fully saturated rings. The molecule has 0 radical (unpaired) electrons. The van der Waals surface area contributed by atoms with Gasteiger partial charge < -0.3 is 0 Å². The molecule has 0 bridgehead atoms. The lowest BCUT2D eigenvalue weighted by Crippen LogP contribution is -2.48. The highest BCUT2D eigenvalue weighted by molar-refractivity contribution is 7.90. The molecule has 140 valence electrons. The molecule has 4 aliphatic rings. The van der Waals surface area contributed by atoms with Gasteiger partial charge in [0, 0.05) is 32.0 Å². The van der Waals surface area contributed by atoms with Gasteiger partial charge in [-0.3, -0.25) is 14.7 Å². The zero-order valence-electron chi connectivity index (χ0n) is 15.4. The summed E-state index contributed by atoms with van der Waals surface area (Å²) in [6, 6.07) is 0. The lowest BCUT2D eigenvalue weighted by molar-refractivity contribution is -0.132. The van der Waals surface area contributed by atoms with Gasteiger partial charge in [-0.15, -0.1) is 0 Å². The van der Waals surface area contributed by atoms with Crippen molar-refractivity contribution in [1.82, 2.24) is 9.21 Å². The quantitative estimate of drug-likeness (QED) is 0.745. The second-order valence-electron chi connectivity index (χ2n) is 8.58. The SMILES string of the molecule is CCC1=N[C@@]2(CC[C@@H]3CN(S(=O)(=O)C4CC4)C[C@@H]32)C(=O)N1CC(C)C. The van der Waals surface area contributed by atoms with Crippen LogP contribution in [0.1, 0.15) is 52.9 Å². The summed E-state index contributed by atoms with van der Waals surface area (Å²) < 4.78 is 26.9. The standard InChI is InChI=1S/C18H29N3O3S/c1-4-16-19-18(17(22)21(16)9-12(2)3)8-7-13-10-20(11-15(13)18)25(23,24)14-5-6-14/h12-15H,4-11H2,1-3H3/t13-,15+,18-/m1/s1. The van der Waals surface area contributed by atoms with Crippen molar-refractivity contribution in [2.24, 2.45) is 22.7 Å². The maximum atomic E-state index is 13.3. The minimum atomic E-state index is -3.16. The molecule has 2 saturated carbocycles. The van der Waals surface area contributed by atoms with Gasteiger partial charge in [-0.05, 0) is 37.5 Å². The van der Waals surface area contributed by atoms with Gasteiger partial charge in [0.25, 0.3) is 5.91 Å². The van der Waals surface area contributed by atoms with E-state index < -0.39 is 15.6 Å². The van der Waals surface area contributed by atoms with E-state index in [0.717, 1.165) is 37.9 Å². The van der Waals surface area contributed by atoms with Crippen LogP contribution in [0.2, 0.25) is 0 Å². The van der Waals surface area contributed by atoms with Gasteiger partial charge in [-0.1, -0.05) is 20.8 Å². The van der Waals surface area contributed by atoms with Crippen molar-refractivity contribution in [3.05, 3.63) is 0 Å². The van der Waals surface area contributed by atoms with Crippen molar-refractivity contribution in [2.45, 2.75) is 63.7 Å². The Bertz CT molecular complexity index is 713. The van der Waals surface area contributed by atoms with Crippen LogP contribution in [-0.4, -0.2) is 59.8 Å². The number of sulfonamides is 1. The number of rotatable bonds is 5. The van der Waals surface area contributed by atoms with Crippen molar-refractivity contribution in [2.75, 3.05) is 19.6 Å². The molecule has 7 heteroatoms. The van der Waals surface area contributed by atoms with Crippen LogP contribution in [0.15, 0.2) is 4.99 Å². The minimum absolute atomic E-state index is 0.0484. The maximum Gasteiger partial charge on any atom is 0.256 e. The summed E-state index contributed by atoms with van der Waals surface area (Å²) in [5.74, 6) is 1.73. The van der Waals surface area contributed by atoms with E-state index in [-0.39, 0.29) is 23.0 Å². The number of nitrogens with zero attached hydrogens (tertiary/aromatic N) is 3. The second kappa shape index (κ2) is 5.78. The van der Waals surface area contributed by atoms with Crippen LogP contribution in [0.5, 0.6) is 0 Å². The van der Waals surface area contributed by atoms with Crippen LogP contribution < -0.4 is 0 Å². The van der Waals surface area contributed by atoms with Crippen molar-refractivity contribution < 1.29 is 13.2 Å². The van der Waals surface area contributed by atoms with Gasteiger partial charge >= 0.3 is 0 Å². The molecule has 2 heterocycles. The molecule has 25 heavy (non-hydrogen) atoms. The Morgan fingerprint density at radius 1 is 1.24 bits per heavy atom. The molecule has 1 amide bonds. The molecule has 3 atom stereocenters. The number of hydrogen-bond donors (Lipinski definition) is 0. The molecular formula is C18H29N3O3S. The van der Waals surface area contributed by atoms with E-state index in [1.807, 2.05) is 11.8 Å². The third-order valence-corrected chi connectivity index (χ3v) is 8.67. The topological polar surface area (TPSA) is 70.0 Å². The van der Waals surface area contributed by atoms with Crippen LogP contribution in [0, 0.1) is 17.8 Å². The van der Waals surface area contributed by atoms with Crippen LogP contribution in [0.25, 0.3) is 0 Å². The fraction of sp³-hybridized carbons (Fsp3) is 0.889. The van der Waals surface area contributed by atoms with Crippen LogP contribution in [0.4, 0.5) is 0 Å². The molecule has 0 aromatic carbocycles. The molecule has 2 aliphatic heterocycles. The number of fused-ring (bicyclic) bond motifs is 2. The fourth-order valence-corrected chi connectivity index (χ4v) is 6.88. The number of hydrogen-bond acceptors (Lipinski definition) is 4. The van der Waals surface area contributed by atoms with E-state index >= 15 is 0 Å². The molecule has 0 aromatic heterocycles. The van der Waals surface area contributed by atoms with Crippen LogP contribution >= 0.6 is 0 Å². The van der Waals surface area contributed by atoms with Gasteiger partial charge in [0.05, 0.1) is 5.25 Å². The summed E-state index contributed by atoms with van der Waals surface area (Å²) in [6.07, 6.45) is 4.01. The highest BCUT2D eigenvalue weighted by Crippen LogP contribution is 2.51. The summed E-state index contributed by atoms with van der Waals surface area (Å²) in [6.45, 7) is 8.04. The zero-order valence-corrected chi connectivity index (χ0v) is 16.3. The third-order valence-electron chi connectivity index (χ3n) is 6.34. The van der Waals surface area contributed by atoms with Crippen LogP contribution in [0.3, 0.4) is 0 Å². The van der Waals surface area contributed by atoms with Gasteiger partial charge in [-0.25, -0.2) is 12.7 Å². The van der Waals surface area contributed by atoms with E-state index in [4.69, 9.17) is 4.99 Å². The van der Waals surface area contributed by atoms with E-state index in [1.165, 1.54) is 0 Å². The molecule has 0 N–H and O–H groups in total. The first-order chi connectivity index (χ1) is 11.8. The number of amides is 1. The summed E-state index contributed by atoms with van der Waals surface area (Å²) in [5.41, 5.74) is -0.696. The van der Waals surface area contributed by atoms with Gasteiger partial charge in [0.2, 0.25) is 10.0 Å². The van der Waals surface area contributed by atoms with E-state index in [9.17, 15) is 13.2 Å². The highest BCUT2D eigenvalue weighted by atomic mass is 32.2. The maximum absolute atomic E-state index is 13.3. The summed E-state index contributed by atoms with van der Waals surface area (Å²) >= 11 is 0. The molecule has 1 saturated heterocycles. The first kappa shape index (κ1) is 17.5. The summed E-state index contributed by atoms with van der Waals surface area (Å²) in [7, 11) is -3.16. The van der Waals surface area contributed by atoms with E-state index in [1.54, 1.807) is 4.31 Å². The molecule has 0 aromatic rings. The summed E-state index contributed by atoms with van der Waals surface area (Å²) in [5, 5.41) is -0.173. The molecule has 0 unspecified atom stereocenters. The van der Waals surface area contributed by atoms with E-state index in [2.05, 4.69) is 13.8 Å². The largest absolute Gasteiger partial charge is 0.298 e. The minimum Gasteiger partial charge on any atom is -0.298 e. The Kier molecular flexibility index (Phi) is 4.03. The smallest absolute Gasteiger partial charge is 0.256 e. The lowest BCUT2D eigenvalue weighted by Gasteiger charge is -2.28. The average Bonchev–Trinajstić information content (AvgIpc) is 3.17. The predicted molar refractivity (Wildman–Crippen MR) is 96.7 cm³/mol. The molecular weight excluding hydrogens is 338 g/mol. The Morgan fingerprint density at radius 2 is 1.96 bits per heavy atom. The Morgan fingerprint density at radius 3 is 2.56 bits per heavy atom. The number of amidine groups is 1. The first-order valence-corrected chi connectivity index (χ1v) is 11.2. The van der Waals surface area contributed by atoms with Crippen molar-refractivity contribution in [1.29, 1.82) is 0 Å². The van der Waals surface area contributed by atoms with E-state index in [0.29, 0.717) is 25.6 Å².